The summed E-state index contributed by atoms with van der Waals surface area (Å²) in [5.74, 6) is -0.0918. The zero-order valence-electron chi connectivity index (χ0n) is 10.7. The SMILES string of the molecule is O=C1[C@H]2CCCN2C(=O)N1Cc1ccc2nonc2c1. The van der Waals surface area contributed by atoms with Crippen molar-refractivity contribution in [3.63, 3.8) is 0 Å². The molecule has 0 unspecified atom stereocenters. The Labute approximate surface area is 114 Å². The fourth-order valence-electron chi connectivity index (χ4n) is 2.94. The Kier molecular flexibility index (Phi) is 2.29. The minimum Gasteiger partial charge on any atom is -0.312 e. The highest BCUT2D eigenvalue weighted by atomic mass is 16.6. The molecule has 2 aromatic rings. The summed E-state index contributed by atoms with van der Waals surface area (Å²) in [5.41, 5.74) is 2.13. The van der Waals surface area contributed by atoms with E-state index in [2.05, 4.69) is 14.9 Å². The molecule has 2 aliphatic rings. The van der Waals surface area contributed by atoms with Crippen LogP contribution in [0.1, 0.15) is 18.4 Å². The molecule has 7 nitrogen and oxygen atoms in total. The highest BCUT2D eigenvalue weighted by Crippen LogP contribution is 2.28. The van der Waals surface area contributed by atoms with Crippen molar-refractivity contribution in [2.24, 2.45) is 0 Å². The van der Waals surface area contributed by atoms with Gasteiger partial charge in [-0.2, -0.15) is 0 Å². The third-order valence-electron chi connectivity index (χ3n) is 3.94. The van der Waals surface area contributed by atoms with E-state index in [1.54, 1.807) is 17.0 Å². The molecular weight excluding hydrogens is 260 g/mol. The number of urea groups is 1. The fraction of sp³-hybridized carbons (Fsp3) is 0.385. The lowest BCUT2D eigenvalue weighted by Crippen LogP contribution is -2.32. The van der Waals surface area contributed by atoms with Crippen LogP contribution in [-0.2, 0) is 11.3 Å². The summed E-state index contributed by atoms with van der Waals surface area (Å²) in [6.07, 6.45) is 1.68. The summed E-state index contributed by atoms with van der Waals surface area (Å²) in [7, 11) is 0. The van der Waals surface area contributed by atoms with E-state index in [9.17, 15) is 9.59 Å². The van der Waals surface area contributed by atoms with Crippen LogP contribution in [0.25, 0.3) is 11.0 Å². The van der Waals surface area contributed by atoms with Crippen LogP contribution >= 0.6 is 0 Å². The van der Waals surface area contributed by atoms with E-state index in [0.29, 0.717) is 17.6 Å². The zero-order chi connectivity index (χ0) is 13.7. The summed E-state index contributed by atoms with van der Waals surface area (Å²) in [4.78, 5) is 27.4. The van der Waals surface area contributed by atoms with E-state index in [1.807, 2.05) is 6.07 Å². The second kappa shape index (κ2) is 4.03. The highest BCUT2D eigenvalue weighted by Gasteiger charge is 2.47. The number of benzene rings is 1. The minimum atomic E-state index is -0.250. The van der Waals surface area contributed by atoms with Gasteiger partial charge < -0.3 is 4.90 Å². The van der Waals surface area contributed by atoms with Crippen molar-refractivity contribution < 1.29 is 14.2 Å². The van der Waals surface area contributed by atoms with E-state index in [4.69, 9.17) is 0 Å². The molecular formula is C13H12N4O3. The second-order valence-electron chi connectivity index (χ2n) is 5.15. The average molecular weight is 272 g/mol. The third-order valence-corrected chi connectivity index (χ3v) is 3.94. The largest absolute Gasteiger partial charge is 0.327 e. The first-order valence-corrected chi connectivity index (χ1v) is 6.57. The number of amides is 3. The maximum absolute atomic E-state index is 12.2. The van der Waals surface area contributed by atoms with Gasteiger partial charge in [0.2, 0.25) is 0 Å². The van der Waals surface area contributed by atoms with Crippen molar-refractivity contribution in [1.82, 2.24) is 20.1 Å². The summed E-state index contributed by atoms with van der Waals surface area (Å²) in [6, 6.07) is 4.95. The monoisotopic (exact) mass is 272 g/mol. The molecule has 2 saturated heterocycles. The Bertz CT molecular complexity index is 688. The number of rotatable bonds is 2. The quantitative estimate of drug-likeness (QED) is 0.766. The molecule has 0 spiro atoms. The Morgan fingerprint density at radius 2 is 2.10 bits per heavy atom. The van der Waals surface area contributed by atoms with Crippen LogP contribution in [0.4, 0.5) is 4.79 Å². The van der Waals surface area contributed by atoms with Gasteiger partial charge in [-0.25, -0.2) is 9.42 Å². The minimum absolute atomic E-state index is 0.0918. The summed E-state index contributed by atoms with van der Waals surface area (Å²) in [6.45, 7) is 0.950. The molecule has 3 amide bonds. The van der Waals surface area contributed by atoms with Crippen LogP contribution in [0, 0.1) is 0 Å². The van der Waals surface area contributed by atoms with E-state index in [1.165, 1.54) is 4.90 Å². The number of nitrogens with zero attached hydrogens (tertiary/aromatic N) is 4. The number of imide groups is 1. The lowest BCUT2D eigenvalue weighted by atomic mass is 10.1. The molecule has 1 atom stereocenters. The van der Waals surface area contributed by atoms with Crippen molar-refractivity contribution in [1.29, 1.82) is 0 Å². The number of aromatic nitrogens is 2. The first-order valence-electron chi connectivity index (χ1n) is 6.57. The molecule has 7 heteroatoms. The smallest absolute Gasteiger partial charge is 0.312 e. The molecule has 0 bridgehead atoms. The number of hydrogen-bond donors (Lipinski definition) is 0. The van der Waals surface area contributed by atoms with Crippen LogP contribution in [0.15, 0.2) is 22.8 Å². The lowest BCUT2D eigenvalue weighted by Gasteiger charge is -2.15. The predicted molar refractivity (Wildman–Crippen MR) is 67.5 cm³/mol. The molecule has 3 heterocycles. The van der Waals surface area contributed by atoms with Gasteiger partial charge in [0, 0.05) is 6.54 Å². The standard InChI is InChI=1S/C13H12N4O3/c18-12-11-2-1-5-16(11)13(19)17(12)7-8-3-4-9-10(6-8)15-20-14-9/h3-4,6,11H,1-2,5,7H2/t11-/m1/s1. The van der Waals surface area contributed by atoms with Gasteiger partial charge in [0.15, 0.2) is 0 Å². The van der Waals surface area contributed by atoms with E-state index >= 15 is 0 Å². The molecule has 1 aromatic carbocycles. The molecule has 0 saturated carbocycles. The van der Waals surface area contributed by atoms with Gasteiger partial charge in [-0.1, -0.05) is 6.07 Å². The molecule has 0 radical (unpaired) electrons. The van der Waals surface area contributed by atoms with Crippen LogP contribution in [-0.4, -0.2) is 44.6 Å². The summed E-state index contributed by atoms with van der Waals surface area (Å²) < 4.78 is 4.64. The van der Waals surface area contributed by atoms with Crippen LogP contribution in [0.5, 0.6) is 0 Å². The topological polar surface area (TPSA) is 79.5 Å². The average Bonchev–Trinajstić information content (AvgIpc) is 3.14. The van der Waals surface area contributed by atoms with E-state index in [-0.39, 0.29) is 24.5 Å². The van der Waals surface area contributed by atoms with Crippen molar-refractivity contribution >= 4 is 23.0 Å². The third kappa shape index (κ3) is 1.52. The van der Waals surface area contributed by atoms with Gasteiger partial charge in [0.05, 0.1) is 6.54 Å². The molecule has 2 fully saturated rings. The summed E-state index contributed by atoms with van der Waals surface area (Å²) in [5, 5.41) is 7.49. The van der Waals surface area contributed by atoms with Crippen LogP contribution in [0.2, 0.25) is 0 Å². The Hall–Kier alpha value is -2.44. The first-order chi connectivity index (χ1) is 9.74. The molecule has 102 valence electrons. The molecule has 4 rings (SSSR count). The lowest BCUT2D eigenvalue weighted by molar-refractivity contribution is -0.128. The van der Waals surface area contributed by atoms with Crippen molar-refractivity contribution in [3.05, 3.63) is 23.8 Å². The molecule has 0 N–H and O–H groups in total. The molecule has 1 aromatic heterocycles. The van der Waals surface area contributed by atoms with Gasteiger partial charge in [0.25, 0.3) is 5.91 Å². The van der Waals surface area contributed by atoms with Crippen molar-refractivity contribution in [2.75, 3.05) is 6.54 Å². The predicted octanol–water partition coefficient (Wildman–Crippen LogP) is 1.15. The van der Waals surface area contributed by atoms with E-state index in [0.717, 1.165) is 18.4 Å². The number of carbonyl (C=O) groups excluding carboxylic acids is 2. The van der Waals surface area contributed by atoms with Crippen LogP contribution in [0.3, 0.4) is 0 Å². The summed E-state index contributed by atoms with van der Waals surface area (Å²) >= 11 is 0. The zero-order valence-corrected chi connectivity index (χ0v) is 10.7. The number of carbonyl (C=O) groups is 2. The highest BCUT2D eigenvalue weighted by molar-refractivity contribution is 6.04. The van der Waals surface area contributed by atoms with Gasteiger partial charge in [-0.05, 0) is 40.9 Å². The van der Waals surface area contributed by atoms with Crippen LogP contribution < -0.4 is 0 Å². The first kappa shape index (κ1) is 11.4. The maximum Gasteiger partial charge on any atom is 0.327 e. The normalized spacial score (nSPS) is 22.1. The van der Waals surface area contributed by atoms with Crippen molar-refractivity contribution in [2.45, 2.75) is 25.4 Å². The fourth-order valence-corrected chi connectivity index (χ4v) is 2.94. The maximum atomic E-state index is 12.2. The molecule has 20 heavy (non-hydrogen) atoms. The second-order valence-corrected chi connectivity index (χ2v) is 5.15. The van der Waals surface area contributed by atoms with E-state index < -0.39 is 0 Å². The Morgan fingerprint density at radius 3 is 2.95 bits per heavy atom. The van der Waals surface area contributed by atoms with Crippen molar-refractivity contribution in [3.8, 4) is 0 Å². The Balaban J connectivity index is 1.62. The Morgan fingerprint density at radius 1 is 1.25 bits per heavy atom. The van der Waals surface area contributed by atoms with Gasteiger partial charge in [-0.15, -0.1) is 0 Å². The number of hydrogen-bond acceptors (Lipinski definition) is 5. The van der Waals surface area contributed by atoms with Gasteiger partial charge in [0.1, 0.15) is 17.1 Å². The van der Waals surface area contributed by atoms with Gasteiger partial charge in [-0.3, -0.25) is 9.69 Å². The number of fused-ring (bicyclic) bond motifs is 2. The molecule has 2 aliphatic heterocycles. The van der Waals surface area contributed by atoms with Gasteiger partial charge >= 0.3 is 6.03 Å². The molecule has 0 aliphatic carbocycles.